The average Bonchev–Trinajstić information content (AvgIpc) is 4.15. The van der Waals surface area contributed by atoms with Crippen molar-refractivity contribution in [3.63, 3.8) is 0 Å². The van der Waals surface area contributed by atoms with E-state index in [2.05, 4.69) is 5.16 Å². The number of aliphatic hydroxyl groups is 1. The van der Waals surface area contributed by atoms with Gasteiger partial charge in [-0.1, -0.05) is 136 Å². The van der Waals surface area contributed by atoms with Crippen molar-refractivity contribution in [3.05, 3.63) is 112 Å². The lowest BCUT2D eigenvalue weighted by molar-refractivity contribution is -0.258. The van der Waals surface area contributed by atoms with Gasteiger partial charge in [0.25, 0.3) is 0 Å². The van der Waals surface area contributed by atoms with Crippen LogP contribution in [-0.2, 0) is 45.7 Å². The number of hydrogen-bond donors (Lipinski definition) is 1. The van der Waals surface area contributed by atoms with Gasteiger partial charge in [-0.05, 0) is 96.5 Å². The number of aldehydes is 1. The number of benzene rings is 3. The van der Waals surface area contributed by atoms with Crippen LogP contribution in [-0.4, -0.2) is 66.5 Å². The van der Waals surface area contributed by atoms with Crippen molar-refractivity contribution >= 4 is 23.6 Å². The maximum absolute atomic E-state index is 13.0. The second-order valence-corrected chi connectivity index (χ2v) is 20.7. The lowest BCUT2D eigenvalue weighted by atomic mass is 9.75. The molecule has 3 aliphatic carbocycles. The van der Waals surface area contributed by atoms with Crippen molar-refractivity contribution in [2.75, 3.05) is 26.4 Å². The summed E-state index contributed by atoms with van der Waals surface area (Å²) in [4.78, 5) is 49.2. The van der Waals surface area contributed by atoms with E-state index in [1.165, 1.54) is 44.2 Å². The molecule has 1 N–H and O–H groups in total. The summed E-state index contributed by atoms with van der Waals surface area (Å²) in [6.45, 7) is 10.3. The van der Waals surface area contributed by atoms with Gasteiger partial charge in [-0.25, -0.2) is 0 Å². The summed E-state index contributed by atoms with van der Waals surface area (Å²) in [6.07, 6.45) is 12.7. The first-order valence-corrected chi connectivity index (χ1v) is 26.0. The Labute approximate surface area is 421 Å². The Balaban J connectivity index is 0.000000159. The van der Waals surface area contributed by atoms with E-state index in [4.69, 9.17) is 23.5 Å². The fourth-order valence-electron chi connectivity index (χ4n) is 11.3. The van der Waals surface area contributed by atoms with E-state index < -0.39 is 35.2 Å². The second kappa shape index (κ2) is 24.0. The number of rotatable bonds is 13. The van der Waals surface area contributed by atoms with Gasteiger partial charge in [-0.2, -0.15) is 13.2 Å². The van der Waals surface area contributed by atoms with Crippen LogP contribution in [0.15, 0.2) is 77.3 Å². The minimum Gasteiger partial charge on any atom is -0.376 e. The number of aryl methyl sites for hydroxylation is 1. The third-order valence-electron chi connectivity index (χ3n) is 15.7. The summed E-state index contributed by atoms with van der Waals surface area (Å²) in [5.74, 6) is -1.16. The van der Waals surface area contributed by atoms with Gasteiger partial charge in [0.1, 0.15) is 12.1 Å². The summed E-state index contributed by atoms with van der Waals surface area (Å²) in [5, 5.41) is 13.9. The molecule has 1 aromatic heterocycles. The summed E-state index contributed by atoms with van der Waals surface area (Å²) in [5.41, 5.74) is 2.50. The quantitative estimate of drug-likeness (QED) is 0.0774. The Morgan fingerprint density at radius 3 is 1.51 bits per heavy atom. The van der Waals surface area contributed by atoms with Crippen molar-refractivity contribution in [3.8, 4) is 11.3 Å². The fraction of sp³-hybridized carbons (Fsp3) is 0.569. The summed E-state index contributed by atoms with van der Waals surface area (Å²) in [7, 11) is 0. The molecule has 3 unspecified atom stereocenters. The SMILES string of the molecule is CC(=O)C(C(=O)c1ccc(C2(C)OCCO2)cc1)C1CCCCC1.CC1(c2ccc(C(=O)C(C=O)C3CCCCC3)cc2)OCCO1.Cc1noc(-c2ccc(C(C)(O)C(F)(F)F)cc2)c1C1CCCCC1. The molecule has 3 atom stereocenters. The predicted molar refractivity (Wildman–Crippen MR) is 265 cm³/mol. The monoisotopic (exact) mass is 1000 g/mol. The molecule has 4 aromatic rings. The molecule has 5 fully saturated rings. The molecule has 0 amide bonds. The lowest BCUT2D eigenvalue weighted by Crippen LogP contribution is -2.39. The molecule has 390 valence electrons. The highest BCUT2D eigenvalue weighted by molar-refractivity contribution is 6.10. The first kappa shape index (κ1) is 54.9. The number of halogens is 3. The zero-order valence-electron chi connectivity index (χ0n) is 42.5. The molecule has 3 heterocycles. The molecule has 3 saturated carbocycles. The van der Waals surface area contributed by atoms with Gasteiger partial charge < -0.3 is 33.4 Å². The van der Waals surface area contributed by atoms with Crippen LogP contribution < -0.4 is 0 Å². The molecule has 0 spiro atoms. The van der Waals surface area contributed by atoms with Crippen LogP contribution in [0.5, 0.6) is 0 Å². The van der Waals surface area contributed by atoms with E-state index in [0.29, 0.717) is 54.8 Å². The van der Waals surface area contributed by atoms with Crippen LogP contribution in [0.4, 0.5) is 13.2 Å². The number of ether oxygens (including phenoxy) is 4. The first-order chi connectivity index (χ1) is 34.4. The first-order valence-electron chi connectivity index (χ1n) is 26.0. The number of aromatic nitrogens is 1. The second-order valence-electron chi connectivity index (χ2n) is 20.7. The Kier molecular flexibility index (Phi) is 18.3. The molecule has 72 heavy (non-hydrogen) atoms. The highest BCUT2D eigenvalue weighted by Crippen LogP contribution is 2.43. The number of alkyl halides is 3. The predicted octanol–water partition coefficient (Wildman–Crippen LogP) is 12.8. The molecular weight excluding hydrogens is 928 g/mol. The standard InChI is InChI=1S/C20H26O4.C19H22F3NO2.C19H24O4/c1-14(21)18(15-6-4-3-5-7-15)19(22)16-8-10-17(11-9-16)20(2)23-12-13-24-20;1-12-16(13-6-4-3-5-7-13)17(25-23-12)14-8-10-15(11-9-14)18(2,24)19(20,21)22;1-19(22-11-12-23-19)16-9-7-15(8-10-16)18(21)17(13-20)14-5-3-2-4-6-14/h8-11,15,18H,3-7,12-13H2,1-2H3;8-11,13,24H,3-7H2,1-2H3;7-10,13-14,17H,2-6,11-12H2,1H3. The number of carbonyl (C=O) groups is 4. The van der Waals surface area contributed by atoms with Gasteiger partial charge in [-0.3, -0.25) is 14.4 Å². The maximum Gasteiger partial charge on any atom is 0.421 e. The molecule has 9 rings (SSSR count). The van der Waals surface area contributed by atoms with Crippen molar-refractivity contribution in [2.24, 2.45) is 23.7 Å². The van der Waals surface area contributed by atoms with Gasteiger partial charge >= 0.3 is 6.18 Å². The number of hydrogen-bond acceptors (Lipinski definition) is 11. The van der Waals surface area contributed by atoms with Gasteiger partial charge in [0, 0.05) is 33.4 Å². The summed E-state index contributed by atoms with van der Waals surface area (Å²) in [6, 6.07) is 20.3. The Morgan fingerprint density at radius 1 is 0.653 bits per heavy atom. The molecule has 2 saturated heterocycles. The molecule has 14 heteroatoms. The van der Waals surface area contributed by atoms with Gasteiger partial charge in [-0.15, -0.1) is 0 Å². The minimum atomic E-state index is -4.73. The smallest absolute Gasteiger partial charge is 0.376 e. The molecule has 3 aromatic carbocycles. The van der Waals surface area contributed by atoms with E-state index >= 15 is 0 Å². The Bertz CT molecular complexity index is 2410. The minimum absolute atomic E-state index is 0.00889. The van der Waals surface area contributed by atoms with E-state index in [0.717, 1.165) is 99.8 Å². The Morgan fingerprint density at radius 2 is 1.08 bits per heavy atom. The van der Waals surface area contributed by atoms with Crippen molar-refractivity contribution in [1.29, 1.82) is 0 Å². The summed E-state index contributed by atoms with van der Waals surface area (Å²) < 4.78 is 67.0. The zero-order valence-corrected chi connectivity index (χ0v) is 42.5. The Hall–Kier alpha value is -4.86. The lowest BCUT2D eigenvalue weighted by Gasteiger charge is -2.28. The zero-order chi connectivity index (χ0) is 51.7. The topological polar surface area (TPSA) is 151 Å². The largest absolute Gasteiger partial charge is 0.421 e. The summed E-state index contributed by atoms with van der Waals surface area (Å²) >= 11 is 0. The number of nitrogens with zero attached hydrogens (tertiary/aromatic N) is 1. The highest BCUT2D eigenvalue weighted by atomic mass is 19.4. The maximum atomic E-state index is 13.0. The van der Waals surface area contributed by atoms with Crippen molar-refractivity contribution in [2.45, 2.75) is 160 Å². The molecule has 5 aliphatic rings. The van der Waals surface area contributed by atoms with Crippen LogP contribution in [0.1, 0.15) is 179 Å². The molecule has 0 radical (unpaired) electrons. The van der Waals surface area contributed by atoms with Crippen molar-refractivity contribution < 1.29 is 60.9 Å². The average molecular weight is 1000 g/mol. The van der Waals surface area contributed by atoms with Gasteiger partial charge in [0.2, 0.25) is 0 Å². The van der Waals surface area contributed by atoms with Crippen LogP contribution in [0.2, 0.25) is 0 Å². The number of ketones is 3. The molecule has 2 aliphatic heterocycles. The van der Waals surface area contributed by atoms with Crippen LogP contribution in [0.3, 0.4) is 0 Å². The van der Waals surface area contributed by atoms with E-state index in [1.54, 1.807) is 43.3 Å². The van der Waals surface area contributed by atoms with Crippen LogP contribution >= 0.6 is 0 Å². The van der Waals surface area contributed by atoms with E-state index in [-0.39, 0.29) is 34.7 Å². The molecule has 11 nitrogen and oxygen atoms in total. The van der Waals surface area contributed by atoms with Gasteiger partial charge in [0.05, 0.1) is 44.0 Å². The molecular formula is C58H72F3NO10. The number of carbonyl (C=O) groups excluding carboxylic acids is 4. The van der Waals surface area contributed by atoms with E-state index in [1.807, 2.05) is 45.0 Å². The number of Topliss-reactive ketones (excluding diaryl/α,β-unsaturated/α-hetero) is 3. The third-order valence-corrected chi connectivity index (χ3v) is 15.7. The van der Waals surface area contributed by atoms with E-state index in [9.17, 15) is 37.5 Å². The third kappa shape index (κ3) is 12.7. The normalized spacial score (nSPS) is 21.2. The molecule has 0 bridgehead atoms. The highest BCUT2D eigenvalue weighted by Gasteiger charge is 2.51. The van der Waals surface area contributed by atoms with Crippen LogP contribution in [0.25, 0.3) is 11.3 Å². The fourth-order valence-corrected chi connectivity index (χ4v) is 11.3. The van der Waals surface area contributed by atoms with Crippen molar-refractivity contribution in [1.82, 2.24) is 5.16 Å². The van der Waals surface area contributed by atoms with Crippen LogP contribution in [0, 0.1) is 30.6 Å². The van der Waals surface area contributed by atoms with Gasteiger partial charge in [0.15, 0.2) is 34.5 Å².